The number of hydrogen-bond donors (Lipinski definition) is 2. The van der Waals surface area contributed by atoms with Crippen LogP contribution in [0.3, 0.4) is 0 Å². The van der Waals surface area contributed by atoms with Gasteiger partial charge in [0.15, 0.2) is 0 Å². The lowest BCUT2D eigenvalue weighted by Crippen LogP contribution is -2.06. The van der Waals surface area contributed by atoms with Gasteiger partial charge >= 0.3 is 0 Å². The van der Waals surface area contributed by atoms with Crippen molar-refractivity contribution in [2.24, 2.45) is 0 Å². The number of hydrogen-bond acceptors (Lipinski definition) is 6. The predicted molar refractivity (Wildman–Crippen MR) is 103 cm³/mol. The van der Waals surface area contributed by atoms with E-state index in [1.165, 1.54) is 35.0 Å². The first-order valence-electron chi connectivity index (χ1n) is 8.52. The van der Waals surface area contributed by atoms with Crippen LogP contribution in [-0.2, 0) is 6.42 Å². The summed E-state index contributed by atoms with van der Waals surface area (Å²) in [6.45, 7) is 0.457. The molecule has 0 fully saturated rings. The first-order chi connectivity index (χ1) is 13.5. The molecule has 0 unspecified atom stereocenters. The molecule has 0 radical (unpaired) electrons. The molecule has 3 N–H and O–H groups in total. The molecule has 1 heterocycles. The third-order valence-corrected chi connectivity index (χ3v) is 4.18. The molecule has 8 nitrogen and oxygen atoms in total. The Bertz CT molecular complexity index is 1040. The van der Waals surface area contributed by atoms with Gasteiger partial charge in [-0.3, -0.25) is 10.1 Å². The molecule has 142 valence electrons. The van der Waals surface area contributed by atoms with Gasteiger partial charge in [-0.2, -0.15) is 10.4 Å². The van der Waals surface area contributed by atoms with Crippen LogP contribution in [0.1, 0.15) is 17.7 Å². The second-order valence-electron chi connectivity index (χ2n) is 6.01. The molecule has 0 aliphatic heterocycles. The topological polar surface area (TPSA) is 123 Å². The Morgan fingerprint density at radius 2 is 1.96 bits per heavy atom. The quantitative estimate of drug-likeness (QED) is 0.368. The van der Waals surface area contributed by atoms with E-state index in [2.05, 4.69) is 16.5 Å². The second kappa shape index (κ2) is 8.18. The molecule has 0 saturated heterocycles. The van der Waals surface area contributed by atoms with E-state index in [1.54, 1.807) is 18.2 Å². The minimum Gasteiger partial charge on any atom is -0.382 e. The van der Waals surface area contributed by atoms with E-state index in [0.717, 1.165) is 0 Å². The number of aryl methyl sites for hydroxylation is 1. The number of halogens is 1. The Morgan fingerprint density at radius 3 is 2.64 bits per heavy atom. The van der Waals surface area contributed by atoms with Crippen molar-refractivity contribution < 1.29 is 9.31 Å². The molecule has 0 aliphatic rings. The van der Waals surface area contributed by atoms with Crippen molar-refractivity contribution in [2.75, 3.05) is 17.6 Å². The van der Waals surface area contributed by atoms with Crippen molar-refractivity contribution in [1.29, 1.82) is 5.26 Å². The Kier molecular flexibility index (Phi) is 5.50. The number of benzene rings is 2. The summed E-state index contributed by atoms with van der Waals surface area (Å²) in [5, 5.41) is 27.8. The smallest absolute Gasteiger partial charge is 0.292 e. The number of rotatable bonds is 7. The number of nitrogens with two attached hydrogens (primary N) is 1. The summed E-state index contributed by atoms with van der Waals surface area (Å²) in [7, 11) is 0. The Labute approximate surface area is 160 Å². The van der Waals surface area contributed by atoms with Crippen LogP contribution >= 0.6 is 0 Å². The predicted octanol–water partition coefficient (Wildman–Crippen LogP) is 3.42. The highest BCUT2D eigenvalue weighted by atomic mass is 19.1. The molecule has 3 rings (SSSR count). The van der Waals surface area contributed by atoms with Crippen molar-refractivity contribution in [2.45, 2.75) is 12.8 Å². The number of nitro benzene ring substituents is 1. The summed E-state index contributed by atoms with van der Waals surface area (Å²) >= 11 is 0. The Hall–Kier alpha value is -3.93. The highest BCUT2D eigenvalue weighted by Crippen LogP contribution is 2.24. The zero-order chi connectivity index (χ0) is 20.1. The van der Waals surface area contributed by atoms with E-state index < -0.39 is 4.92 Å². The molecular formula is C19H17FN6O2. The fourth-order valence-corrected chi connectivity index (χ4v) is 2.82. The number of aromatic nitrogens is 2. The summed E-state index contributed by atoms with van der Waals surface area (Å²) in [6.07, 6.45) is 1.04. The van der Waals surface area contributed by atoms with Crippen LogP contribution in [0.25, 0.3) is 5.69 Å². The lowest BCUT2D eigenvalue weighted by Gasteiger charge is -2.06. The SMILES string of the molecule is N#Cc1c(CCCNc2ccccc2[N+](=O)[O-])nn(-c2ccc(F)cc2)c1N. The average Bonchev–Trinajstić information content (AvgIpc) is 3.01. The van der Waals surface area contributed by atoms with E-state index >= 15 is 0 Å². The Morgan fingerprint density at radius 1 is 1.25 bits per heavy atom. The third kappa shape index (κ3) is 3.91. The summed E-state index contributed by atoms with van der Waals surface area (Å²) in [5.74, 6) is -0.188. The van der Waals surface area contributed by atoms with Crippen LogP contribution in [0.4, 0.5) is 21.6 Å². The highest BCUT2D eigenvalue weighted by molar-refractivity contribution is 5.61. The number of nitrogens with one attached hydrogen (secondary N) is 1. The molecule has 2 aromatic carbocycles. The number of anilines is 2. The van der Waals surface area contributed by atoms with Gasteiger partial charge in [0, 0.05) is 12.6 Å². The van der Waals surface area contributed by atoms with Gasteiger partial charge in [-0.15, -0.1) is 0 Å². The first kappa shape index (κ1) is 18.8. The largest absolute Gasteiger partial charge is 0.382 e. The molecule has 0 bridgehead atoms. The van der Waals surface area contributed by atoms with E-state index in [-0.39, 0.29) is 22.9 Å². The molecule has 9 heteroatoms. The van der Waals surface area contributed by atoms with Gasteiger partial charge in [-0.25, -0.2) is 9.07 Å². The highest BCUT2D eigenvalue weighted by Gasteiger charge is 2.17. The van der Waals surface area contributed by atoms with Crippen LogP contribution < -0.4 is 11.1 Å². The lowest BCUT2D eigenvalue weighted by molar-refractivity contribution is -0.384. The van der Waals surface area contributed by atoms with Gasteiger partial charge in [0.25, 0.3) is 5.69 Å². The molecule has 28 heavy (non-hydrogen) atoms. The molecule has 1 aromatic heterocycles. The number of nitriles is 1. The van der Waals surface area contributed by atoms with Crippen molar-refractivity contribution in [3.05, 3.63) is 75.7 Å². The molecule has 3 aromatic rings. The lowest BCUT2D eigenvalue weighted by atomic mass is 10.1. The molecular weight excluding hydrogens is 363 g/mol. The zero-order valence-electron chi connectivity index (χ0n) is 14.8. The minimum absolute atomic E-state index is 0.00467. The fourth-order valence-electron chi connectivity index (χ4n) is 2.82. The average molecular weight is 380 g/mol. The summed E-state index contributed by atoms with van der Waals surface area (Å²) in [5.41, 5.74) is 7.82. The van der Waals surface area contributed by atoms with Crippen LogP contribution in [-0.4, -0.2) is 21.2 Å². The standard InChI is InChI=1S/C19H17FN6O2/c20-13-7-9-14(10-8-13)25-19(22)15(12-21)16(24-25)5-3-11-23-17-4-1-2-6-18(17)26(27)28/h1-2,4,6-10,23H,3,5,11,22H2. The van der Waals surface area contributed by atoms with Crippen LogP contribution in [0.2, 0.25) is 0 Å². The third-order valence-electron chi connectivity index (χ3n) is 4.18. The van der Waals surface area contributed by atoms with Gasteiger partial charge in [-0.1, -0.05) is 12.1 Å². The van der Waals surface area contributed by atoms with Crippen molar-refractivity contribution in [3.63, 3.8) is 0 Å². The molecule has 0 saturated carbocycles. The summed E-state index contributed by atoms with van der Waals surface area (Å²) < 4.78 is 14.5. The van der Waals surface area contributed by atoms with Gasteiger partial charge in [0.1, 0.15) is 29.0 Å². The maximum absolute atomic E-state index is 13.1. The molecule has 0 spiro atoms. The molecule has 0 aliphatic carbocycles. The second-order valence-corrected chi connectivity index (χ2v) is 6.01. The minimum atomic E-state index is -0.443. The summed E-state index contributed by atoms with van der Waals surface area (Å²) in [4.78, 5) is 10.6. The molecule has 0 amide bonds. The maximum Gasteiger partial charge on any atom is 0.292 e. The number of nitrogen functional groups attached to an aromatic ring is 1. The monoisotopic (exact) mass is 380 g/mol. The van der Waals surface area contributed by atoms with Crippen LogP contribution in [0, 0.1) is 27.3 Å². The van der Waals surface area contributed by atoms with Crippen molar-refractivity contribution in [3.8, 4) is 11.8 Å². The summed E-state index contributed by atoms with van der Waals surface area (Å²) in [6, 6.07) is 14.1. The van der Waals surface area contributed by atoms with Crippen LogP contribution in [0.15, 0.2) is 48.5 Å². The van der Waals surface area contributed by atoms with E-state index in [9.17, 15) is 19.8 Å². The number of nitro groups is 1. The number of para-hydroxylation sites is 2. The van der Waals surface area contributed by atoms with E-state index in [4.69, 9.17) is 5.73 Å². The number of nitrogens with zero attached hydrogens (tertiary/aromatic N) is 4. The zero-order valence-corrected chi connectivity index (χ0v) is 14.8. The van der Waals surface area contributed by atoms with E-state index in [0.29, 0.717) is 36.5 Å². The Balaban J connectivity index is 1.70. The van der Waals surface area contributed by atoms with Gasteiger partial charge in [0.2, 0.25) is 0 Å². The maximum atomic E-state index is 13.1. The fraction of sp³-hybridized carbons (Fsp3) is 0.158. The van der Waals surface area contributed by atoms with Crippen molar-refractivity contribution in [1.82, 2.24) is 9.78 Å². The molecule has 0 atom stereocenters. The van der Waals surface area contributed by atoms with Gasteiger partial charge in [0.05, 0.1) is 16.3 Å². The normalized spacial score (nSPS) is 10.4. The van der Waals surface area contributed by atoms with Crippen molar-refractivity contribution >= 4 is 17.2 Å². The van der Waals surface area contributed by atoms with Crippen LogP contribution in [0.5, 0.6) is 0 Å². The first-order valence-corrected chi connectivity index (χ1v) is 8.52. The van der Waals surface area contributed by atoms with Gasteiger partial charge < -0.3 is 11.1 Å². The van der Waals surface area contributed by atoms with E-state index in [1.807, 2.05) is 0 Å². The van der Waals surface area contributed by atoms with Gasteiger partial charge in [-0.05, 0) is 43.2 Å².